The number of hydrogen-bond acceptors (Lipinski definition) is 4. The normalized spacial score (nSPS) is 23.4. The fraction of sp³-hybridized carbons (Fsp3) is 0.516. The van der Waals surface area contributed by atoms with Gasteiger partial charge in [0, 0.05) is 77.5 Å². The predicted molar refractivity (Wildman–Crippen MR) is 155 cm³/mol. The summed E-state index contributed by atoms with van der Waals surface area (Å²) >= 11 is 0. The minimum Gasteiger partial charge on any atom is -0.366 e. The molecular weight excluding hydrogens is 518 g/mol. The van der Waals surface area contributed by atoms with Crippen LogP contribution in [0.3, 0.4) is 0 Å². The van der Waals surface area contributed by atoms with Gasteiger partial charge in [0.2, 0.25) is 0 Å². The van der Waals surface area contributed by atoms with E-state index < -0.39 is 17.9 Å². The van der Waals surface area contributed by atoms with Crippen LogP contribution in [0.25, 0.3) is 0 Å². The van der Waals surface area contributed by atoms with Gasteiger partial charge < -0.3 is 14.7 Å². The monoisotopic (exact) mass is 559 g/mol. The molecule has 1 saturated heterocycles. The molecule has 2 fully saturated rings. The van der Waals surface area contributed by atoms with Crippen LogP contribution in [0.15, 0.2) is 77.4 Å². The number of alkyl halides is 4. The maximum Gasteiger partial charge on any atom is 0.418 e. The number of halogens is 4. The van der Waals surface area contributed by atoms with Gasteiger partial charge in [-0.3, -0.25) is 9.89 Å². The number of hydrogen-bond donors (Lipinski definition) is 0. The number of likely N-dealkylation sites (N-methyl/N-ethyl adjacent to an activating group) is 2. The molecule has 5 nitrogen and oxygen atoms in total. The summed E-state index contributed by atoms with van der Waals surface area (Å²) in [5, 5.41) is 0. The molecular formula is C31H41F4N5. The van der Waals surface area contributed by atoms with Gasteiger partial charge in [0.15, 0.2) is 0 Å². The van der Waals surface area contributed by atoms with E-state index in [1.54, 1.807) is 25.2 Å². The van der Waals surface area contributed by atoms with Crippen LogP contribution in [0.1, 0.15) is 44.1 Å². The van der Waals surface area contributed by atoms with Crippen molar-refractivity contribution in [2.24, 2.45) is 10.9 Å². The Labute approximate surface area is 235 Å². The van der Waals surface area contributed by atoms with Gasteiger partial charge in [-0.1, -0.05) is 25.1 Å². The number of nitrogens with zero attached hydrogens (tertiary/aromatic N) is 5. The van der Waals surface area contributed by atoms with Crippen molar-refractivity contribution < 1.29 is 17.6 Å². The van der Waals surface area contributed by atoms with Crippen molar-refractivity contribution in [3.63, 3.8) is 0 Å². The fourth-order valence-corrected chi connectivity index (χ4v) is 5.95. The zero-order valence-electron chi connectivity index (χ0n) is 24.1. The van der Waals surface area contributed by atoms with E-state index in [1.807, 2.05) is 49.0 Å². The van der Waals surface area contributed by atoms with Crippen molar-refractivity contribution in [2.45, 2.75) is 56.9 Å². The Hall–Kier alpha value is -3.07. The second-order valence-electron chi connectivity index (χ2n) is 11.2. The molecule has 0 amide bonds. The van der Waals surface area contributed by atoms with Crippen LogP contribution in [0.4, 0.5) is 23.2 Å². The molecule has 0 spiro atoms. The fourth-order valence-electron chi connectivity index (χ4n) is 5.95. The molecule has 3 aliphatic rings. The standard InChI is InChI=1S/C31H41F4N5/c1-7-39(26-13-9-12-23(16-26)29(22-10-8-11-22)30(36-3)37(4)5)20-28-27(31(33,34)35)17-24(18-38(28)6)21(2)40-15-14-25(32)19-40/h7,9,12-13,16-18,20-22,25,29H,1,8,10-11,14-15,19H2,2-6H3/b28-20-,36-30?/t21?,25-,29?/m0/s1. The first-order chi connectivity index (χ1) is 18.9. The van der Waals surface area contributed by atoms with E-state index in [1.165, 1.54) is 29.8 Å². The lowest BCUT2D eigenvalue weighted by Crippen LogP contribution is -2.36. The summed E-state index contributed by atoms with van der Waals surface area (Å²) in [7, 11) is 7.40. The average molecular weight is 560 g/mol. The largest absolute Gasteiger partial charge is 0.418 e. The highest BCUT2D eigenvalue weighted by Gasteiger charge is 2.40. The van der Waals surface area contributed by atoms with Crippen molar-refractivity contribution in [3.05, 3.63) is 77.9 Å². The van der Waals surface area contributed by atoms with Crippen LogP contribution in [-0.2, 0) is 0 Å². The zero-order valence-corrected chi connectivity index (χ0v) is 24.1. The van der Waals surface area contributed by atoms with Crippen LogP contribution in [-0.4, -0.2) is 80.2 Å². The van der Waals surface area contributed by atoms with E-state index in [0.29, 0.717) is 24.5 Å². The molecule has 1 aliphatic carbocycles. The first-order valence-electron chi connectivity index (χ1n) is 13.9. The van der Waals surface area contributed by atoms with Gasteiger partial charge >= 0.3 is 6.18 Å². The first kappa shape index (κ1) is 29.9. The van der Waals surface area contributed by atoms with Crippen molar-refractivity contribution in [1.82, 2.24) is 14.7 Å². The molecule has 3 atom stereocenters. The molecule has 0 aromatic heterocycles. The molecule has 0 N–H and O–H groups in total. The number of amidine groups is 1. The smallest absolute Gasteiger partial charge is 0.366 e. The SMILES string of the molecule is C=CN(/C=C1/C(C(F)(F)F)=CC(C(C)N2CC[C@H](F)C2)=CN1C)c1cccc(C(C(=NC)N(C)C)C2CCC2)c1. The summed E-state index contributed by atoms with van der Waals surface area (Å²) < 4.78 is 57.0. The van der Waals surface area contributed by atoms with Gasteiger partial charge in [0.25, 0.3) is 0 Å². The van der Waals surface area contributed by atoms with Gasteiger partial charge in [0.1, 0.15) is 12.0 Å². The number of rotatable bonds is 8. The topological polar surface area (TPSA) is 25.3 Å². The molecule has 2 aliphatic heterocycles. The molecule has 40 heavy (non-hydrogen) atoms. The Balaban J connectivity index is 1.68. The molecule has 2 unspecified atom stereocenters. The van der Waals surface area contributed by atoms with E-state index >= 15 is 0 Å². The molecule has 1 aromatic carbocycles. The van der Waals surface area contributed by atoms with Crippen molar-refractivity contribution in [1.29, 1.82) is 0 Å². The van der Waals surface area contributed by atoms with Crippen molar-refractivity contribution in [3.8, 4) is 0 Å². The number of likely N-dealkylation sites (tertiary alicyclic amines) is 1. The lowest BCUT2D eigenvalue weighted by atomic mass is 9.72. The Kier molecular flexibility index (Phi) is 9.12. The van der Waals surface area contributed by atoms with E-state index in [4.69, 9.17) is 0 Å². The Morgan fingerprint density at radius 1 is 1.20 bits per heavy atom. The van der Waals surface area contributed by atoms with Crippen molar-refractivity contribution in [2.75, 3.05) is 46.2 Å². The summed E-state index contributed by atoms with van der Waals surface area (Å²) in [4.78, 5) is 11.7. The Morgan fingerprint density at radius 2 is 1.93 bits per heavy atom. The second kappa shape index (κ2) is 12.2. The molecule has 0 radical (unpaired) electrons. The highest BCUT2D eigenvalue weighted by atomic mass is 19.4. The predicted octanol–water partition coefficient (Wildman–Crippen LogP) is 6.70. The number of allylic oxidation sites excluding steroid dienone is 1. The lowest BCUT2D eigenvalue weighted by Gasteiger charge is -2.37. The number of benzene rings is 1. The third kappa shape index (κ3) is 6.29. The number of aliphatic imine (C=N–C) groups is 1. The van der Waals surface area contributed by atoms with E-state index in [-0.39, 0.29) is 24.2 Å². The molecule has 218 valence electrons. The molecule has 9 heteroatoms. The van der Waals surface area contributed by atoms with E-state index in [0.717, 1.165) is 29.9 Å². The summed E-state index contributed by atoms with van der Waals surface area (Å²) in [5.41, 5.74) is 1.59. The quantitative estimate of drug-likeness (QED) is 0.201. The van der Waals surface area contributed by atoms with E-state index in [9.17, 15) is 17.6 Å². The third-order valence-electron chi connectivity index (χ3n) is 8.38. The zero-order chi connectivity index (χ0) is 29.2. The Bertz CT molecular complexity index is 1190. The minimum atomic E-state index is -4.57. The van der Waals surface area contributed by atoms with Crippen LogP contribution < -0.4 is 4.90 Å². The summed E-state index contributed by atoms with van der Waals surface area (Å²) in [6.45, 7) is 6.51. The molecule has 1 saturated carbocycles. The second-order valence-corrected chi connectivity index (χ2v) is 11.2. The highest BCUT2D eigenvalue weighted by molar-refractivity contribution is 5.89. The summed E-state index contributed by atoms with van der Waals surface area (Å²) in [6.07, 6.45) is 4.25. The van der Waals surface area contributed by atoms with Gasteiger partial charge in [-0.15, -0.1) is 0 Å². The highest BCUT2D eigenvalue weighted by Crippen LogP contribution is 2.42. The minimum absolute atomic E-state index is 0.0122. The average Bonchev–Trinajstić information content (AvgIpc) is 3.31. The maximum absolute atomic E-state index is 14.4. The van der Waals surface area contributed by atoms with Gasteiger partial charge in [-0.25, -0.2) is 4.39 Å². The molecule has 1 aromatic rings. The number of anilines is 1. The summed E-state index contributed by atoms with van der Waals surface area (Å²) in [5.74, 6) is 1.57. The van der Waals surface area contributed by atoms with Crippen LogP contribution in [0.2, 0.25) is 0 Å². The van der Waals surface area contributed by atoms with Crippen LogP contribution >= 0.6 is 0 Å². The first-order valence-corrected chi connectivity index (χ1v) is 13.9. The molecule has 0 bridgehead atoms. The van der Waals surface area contributed by atoms with Gasteiger partial charge in [-0.2, -0.15) is 13.2 Å². The Morgan fingerprint density at radius 3 is 2.45 bits per heavy atom. The summed E-state index contributed by atoms with van der Waals surface area (Å²) in [6, 6.07) is 7.58. The third-order valence-corrected chi connectivity index (χ3v) is 8.38. The van der Waals surface area contributed by atoms with Crippen molar-refractivity contribution >= 4 is 11.5 Å². The van der Waals surface area contributed by atoms with Gasteiger partial charge in [-0.05, 0) is 61.4 Å². The van der Waals surface area contributed by atoms with Crippen LogP contribution in [0.5, 0.6) is 0 Å². The van der Waals surface area contributed by atoms with Crippen LogP contribution in [0, 0.1) is 5.92 Å². The maximum atomic E-state index is 14.4. The van der Waals surface area contributed by atoms with E-state index in [2.05, 4.69) is 17.6 Å². The lowest BCUT2D eigenvalue weighted by molar-refractivity contribution is -0.0912. The van der Waals surface area contributed by atoms with Gasteiger partial charge in [0.05, 0.1) is 11.3 Å². The molecule has 4 rings (SSSR count). The molecule has 2 heterocycles.